The Morgan fingerprint density at radius 2 is 1.79 bits per heavy atom. The third-order valence-corrected chi connectivity index (χ3v) is 7.81. The highest BCUT2D eigenvalue weighted by Gasteiger charge is 2.69. The summed E-state index contributed by atoms with van der Waals surface area (Å²) in [6.45, 7) is 4.18. The molecule has 6 atom stereocenters. The lowest BCUT2D eigenvalue weighted by molar-refractivity contribution is -0.155. The van der Waals surface area contributed by atoms with Gasteiger partial charge in [-0.05, 0) is 58.8 Å². The van der Waals surface area contributed by atoms with Crippen molar-refractivity contribution in [1.29, 1.82) is 0 Å². The van der Waals surface area contributed by atoms with Crippen LogP contribution in [0.15, 0.2) is 0 Å². The van der Waals surface area contributed by atoms with Gasteiger partial charge < -0.3 is 20.7 Å². The summed E-state index contributed by atoms with van der Waals surface area (Å²) in [4.78, 5) is 25.0. The van der Waals surface area contributed by atoms with E-state index in [2.05, 4.69) is 29.8 Å². The molecule has 5 rings (SSSR count). The van der Waals surface area contributed by atoms with Gasteiger partial charge in [0.25, 0.3) is 0 Å². The van der Waals surface area contributed by atoms with Crippen molar-refractivity contribution in [2.45, 2.75) is 106 Å². The van der Waals surface area contributed by atoms with Gasteiger partial charge in [-0.2, -0.15) is 0 Å². The van der Waals surface area contributed by atoms with Crippen LogP contribution in [0.2, 0.25) is 0 Å². The molecular formula is C21H33ClFN3O3. The molecule has 29 heavy (non-hydrogen) atoms. The van der Waals surface area contributed by atoms with E-state index in [1.807, 2.05) is 0 Å². The van der Waals surface area contributed by atoms with Gasteiger partial charge in [0.05, 0.1) is 17.4 Å². The standard InChI is InChI=1S/C21H33ClFN3O3/c1-12-3-5-15(13(2)24-12)19(28)26-21-9-20(10-21,11-21)25-18(27)8-29-14-4-6-16(22)17(23)7-14/h12-17,24H,3-11H2,1-2H3,(H,25,27)(H,26,28). The molecule has 0 aromatic carbocycles. The predicted molar refractivity (Wildman–Crippen MR) is 109 cm³/mol. The average molecular weight is 430 g/mol. The molecule has 5 aliphatic rings. The van der Waals surface area contributed by atoms with Crippen molar-refractivity contribution >= 4 is 23.4 Å². The summed E-state index contributed by atoms with van der Waals surface area (Å²) in [5.41, 5.74) is -0.344. The summed E-state index contributed by atoms with van der Waals surface area (Å²) >= 11 is 5.88. The van der Waals surface area contributed by atoms with Gasteiger partial charge in [0, 0.05) is 29.6 Å². The third-order valence-electron chi connectivity index (χ3n) is 7.32. The Labute approximate surface area is 177 Å². The van der Waals surface area contributed by atoms with Crippen LogP contribution in [0, 0.1) is 5.92 Å². The number of piperidine rings is 1. The highest BCUT2D eigenvalue weighted by Crippen LogP contribution is 2.60. The normalized spacial score (nSPS) is 46.2. The van der Waals surface area contributed by atoms with E-state index < -0.39 is 11.5 Å². The van der Waals surface area contributed by atoms with Gasteiger partial charge in [-0.15, -0.1) is 11.6 Å². The molecule has 0 radical (unpaired) electrons. The maximum absolute atomic E-state index is 13.7. The lowest BCUT2D eigenvalue weighted by Gasteiger charge is -2.70. The molecule has 6 nitrogen and oxygen atoms in total. The first-order chi connectivity index (χ1) is 13.7. The van der Waals surface area contributed by atoms with E-state index in [1.165, 1.54) is 0 Å². The maximum Gasteiger partial charge on any atom is 0.246 e. The average Bonchev–Trinajstić information content (AvgIpc) is 2.59. The van der Waals surface area contributed by atoms with Crippen molar-refractivity contribution in [3.05, 3.63) is 0 Å². The number of alkyl halides is 2. The van der Waals surface area contributed by atoms with Crippen LogP contribution >= 0.6 is 11.6 Å². The van der Waals surface area contributed by atoms with Gasteiger partial charge in [-0.3, -0.25) is 9.59 Å². The molecule has 4 aliphatic carbocycles. The van der Waals surface area contributed by atoms with Gasteiger partial charge in [0.2, 0.25) is 11.8 Å². The predicted octanol–water partition coefficient (Wildman–Crippen LogP) is 2.19. The molecule has 1 aliphatic heterocycles. The summed E-state index contributed by atoms with van der Waals surface area (Å²) in [6.07, 6.45) is 4.51. The Balaban J connectivity index is 1.16. The summed E-state index contributed by atoms with van der Waals surface area (Å²) in [7, 11) is 0. The SMILES string of the molecule is CC1CCC(C(=O)NC23CC(NC(=O)COC4CCC(Cl)C(F)C4)(C2)C3)C(C)N1. The molecule has 3 N–H and O–H groups in total. The molecule has 1 saturated heterocycles. The van der Waals surface area contributed by atoms with Crippen molar-refractivity contribution in [3.8, 4) is 0 Å². The van der Waals surface area contributed by atoms with Crippen LogP contribution in [0.5, 0.6) is 0 Å². The largest absolute Gasteiger partial charge is 0.368 e. The fourth-order valence-corrected chi connectivity index (χ4v) is 6.04. The van der Waals surface area contributed by atoms with Gasteiger partial charge in [0.1, 0.15) is 12.8 Å². The van der Waals surface area contributed by atoms with Crippen LogP contribution in [0.25, 0.3) is 0 Å². The van der Waals surface area contributed by atoms with Crippen LogP contribution < -0.4 is 16.0 Å². The fraction of sp³-hybridized carbons (Fsp3) is 0.905. The van der Waals surface area contributed by atoms with E-state index in [0.717, 1.165) is 32.1 Å². The van der Waals surface area contributed by atoms with Crippen LogP contribution in [0.3, 0.4) is 0 Å². The third kappa shape index (κ3) is 4.42. The van der Waals surface area contributed by atoms with Crippen LogP contribution in [-0.2, 0) is 14.3 Å². The second-order valence-electron chi connectivity index (χ2n) is 9.95. The number of carbonyl (C=O) groups excluding carboxylic acids is 2. The molecule has 1 heterocycles. The number of carbonyl (C=O) groups is 2. The Hall–Kier alpha value is -0.920. The quantitative estimate of drug-likeness (QED) is 0.565. The van der Waals surface area contributed by atoms with Crippen LogP contribution in [0.4, 0.5) is 4.39 Å². The molecule has 4 saturated carbocycles. The molecule has 2 amide bonds. The van der Waals surface area contributed by atoms with Gasteiger partial charge in [-0.1, -0.05) is 0 Å². The molecule has 6 unspecified atom stereocenters. The van der Waals surface area contributed by atoms with Gasteiger partial charge in [0.15, 0.2) is 0 Å². The van der Waals surface area contributed by atoms with E-state index in [0.29, 0.717) is 18.9 Å². The first-order valence-electron chi connectivity index (χ1n) is 11.0. The van der Waals surface area contributed by atoms with Crippen LogP contribution in [0.1, 0.15) is 65.2 Å². The highest BCUT2D eigenvalue weighted by molar-refractivity contribution is 6.21. The van der Waals surface area contributed by atoms with Crippen LogP contribution in [-0.4, -0.2) is 59.2 Å². The van der Waals surface area contributed by atoms with E-state index >= 15 is 0 Å². The number of rotatable bonds is 6. The zero-order chi connectivity index (χ0) is 20.8. The Kier molecular flexibility index (Phi) is 5.86. The van der Waals surface area contributed by atoms with E-state index in [4.69, 9.17) is 16.3 Å². The first kappa shape index (κ1) is 21.3. The molecule has 0 aromatic rings. The summed E-state index contributed by atoms with van der Waals surface area (Å²) in [6, 6.07) is 0.653. The Morgan fingerprint density at radius 3 is 2.45 bits per heavy atom. The fourth-order valence-electron chi connectivity index (χ4n) is 5.81. The number of nitrogens with one attached hydrogen (secondary N) is 3. The minimum Gasteiger partial charge on any atom is -0.368 e. The smallest absolute Gasteiger partial charge is 0.246 e. The topological polar surface area (TPSA) is 79.5 Å². The molecule has 8 heteroatoms. The molecule has 2 bridgehead atoms. The maximum atomic E-state index is 13.7. The minimum absolute atomic E-state index is 0.0153. The van der Waals surface area contributed by atoms with E-state index in [-0.39, 0.29) is 54.0 Å². The monoisotopic (exact) mass is 429 g/mol. The number of ether oxygens (including phenoxy) is 1. The molecule has 0 spiro atoms. The minimum atomic E-state index is -1.06. The number of hydrogen-bond acceptors (Lipinski definition) is 4. The van der Waals surface area contributed by atoms with E-state index in [1.54, 1.807) is 0 Å². The van der Waals surface area contributed by atoms with Crippen molar-refractivity contribution in [1.82, 2.24) is 16.0 Å². The van der Waals surface area contributed by atoms with Crippen molar-refractivity contribution in [3.63, 3.8) is 0 Å². The van der Waals surface area contributed by atoms with Gasteiger partial charge >= 0.3 is 0 Å². The Morgan fingerprint density at radius 1 is 1.10 bits per heavy atom. The Bertz CT molecular complexity index is 643. The second kappa shape index (κ2) is 7.97. The van der Waals surface area contributed by atoms with Crippen molar-refractivity contribution < 1.29 is 18.7 Å². The molecular weight excluding hydrogens is 397 g/mol. The summed E-state index contributed by atoms with van der Waals surface area (Å²) < 4.78 is 19.3. The summed E-state index contributed by atoms with van der Waals surface area (Å²) in [5, 5.41) is 9.34. The molecule has 0 aromatic heterocycles. The second-order valence-corrected chi connectivity index (χ2v) is 10.5. The zero-order valence-corrected chi connectivity index (χ0v) is 18.1. The highest BCUT2D eigenvalue weighted by atomic mass is 35.5. The van der Waals surface area contributed by atoms with E-state index in [9.17, 15) is 14.0 Å². The van der Waals surface area contributed by atoms with Crippen molar-refractivity contribution in [2.75, 3.05) is 6.61 Å². The molecule has 5 fully saturated rings. The number of amides is 2. The first-order valence-corrected chi connectivity index (χ1v) is 11.4. The number of halogens is 2. The summed E-state index contributed by atoms with van der Waals surface area (Å²) in [5.74, 6) is -0.00997. The lowest BCUT2D eigenvalue weighted by atomic mass is 9.44. The van der Waals surface area contributed by atoms with Gasteiger partial charge in [-0.25, -0.2) is 4.39 Å². The zero-order valence-electron chi connectivity index (χ0n) is 17.3. The molecule has 164 valence electrons. The van der Waals surface area contributed by atoms with Crippen molar-refractivity contribution in [2.24, 2.45) is 5.92 Å². The number of hydrogen-bond donors (Lipinski definition) is 3. The lowest BCUT2D eigenvalue weighted by Crippen LogP contribution is -2.84.